The SMILES string of the molecule is c1ccc(CCNC2COCc3ccccc32)cc1. The van der Waals surface area contributed by atoms with Crippen LogP contribution in [0.3, 0.4) is 0 Å². The highest BCUT2D eigenvalue weighted by molar-refractivity contribution is 5.31. The van der Waals surface area contributed by atoms with E-state index in [2.05, 4.69) is 59.9 Å². The van der Waals surface area contributed by atoms with Crippen LogP contribution < -0.4 is 5.32 Å². The van der Waals surface area contributed by atoms with Gasteiger partial charge in [0.05, 0.1) is 19.3 Å². The molecule has 2 aromatic rings. The molecule has 0 radical (unpaired) electrons. The molecule has 0 saturated heterocycles. The summed E-state index contributed by atoms with van der Waals surface area (Å²) in [6.07, 6.45) is 1.06. The first-order chi connectivity index (χ1) is 9.43. The van der Waals surface area contributed by atoms with Crippen LogP contribution in [0.4, 0.5) is 0 Å². The minimum Gasteiger partial charge on any atom is -0.375 e. The third-order valence-corrected chi connectivity index (χ3v) is 3.62. The predicted molar refractivity (Wildman–Crippen MR) is 77.0 cm³/mol. The second-order valence-electron chi connectivity index (χ2n) is 4.96. The molecule has 0 aliphatic carbocycles. The quantitative estimate of drug-likeness (QED) is 0.904. The summed E-state index contributed by atoms with van der Waals surface area (Å²) in [4.78, 5) is 0. The maximum absolute atomic E-state index is 5.65. The van der Waals surface area contributed by atoms with Gasteiger partial charge in [0.2, 0.25) is 0 Å². The van der Waals surface area contributed by atoms with E-state index in [-0.39, 0.29) is 0 Å². The van der Waals surface area contributed by atoms with Crippen LogP contribution in [0.2, 0.25) is 0 Å². The fourth-order valence-corrected chi connectivity index (χ4v) is 2.59. The first kappa shape index (κ1) is 12.4. The Bertz CT molecular complexity index is 524. The first-order valence-electron chi connectivity index (χ1n) is 6.86. The number of hydrogen-bond donors (Lipinski definition) is 1. The largest absolute Gasteiger partial charge is 0.375 e. The summed E-state index contributed by atoms with van der Waals surface area (Å²) < 4.78 is 5.65. The molecule has 2 heteroatoms. The van der Waals surface area contributed by atoms with Gasteiger partial charge in [-0.3, -0.25) is 0 Å². The summed E-state index contributed by atoms with van der Waals surface area (Å²) in [5.74, 6) is 0. The molecule has 1 heterocycles. The van der Waals surface area contributed by atoms with Gasteiger partial charge in [0, 0.05) is 0 Å². The van der Waals surface area contributed by atoms with Gasteiger partial charge in [-0.25, -0.2) is 0 Å². The van der Waals surface area contributed by atoms with E-state index in [1.54, 1.807) is 0 Å². The molecule has 1 aliphatic rings. The third kappa shape index (κ3) is 3.03. The first-order valence-corrected chi connectivity index (χ1v) is 6.86. The second-order valence-corrected chi connectivity index (χ2v) is 4.96. The van der Waals surface area contributed by atoms with Crippen molar-refractivity contribution in [2.24, 2.45) is 0 Å². The van der Waals surface area contributed by atoms with Crippen molar-refractivity contribution in [3.63, 3.8) is 0 Å². The Balaban J connectivity index is 1.59. The number of benzene rings is 2. The molecule has 1 aliphatic heterocycles. The highest BCUT2D eigenvalue weighted by atomic mass is 16.5. The second kappa shape index (κ2) is 6.00. The van der Waals surface area contributed by atoms with Crippen molar-refractivity contribution in [2.45, 2.75) is 19.1 Å². The van der Waals surface area contributed by atoms with E-state index in [1.165, 1.54) is 16.7 Å². The van der Waals surface area contributed by atoms with E-state index in [0.29, 0.717) is 6.04 Å². The van der Waals surface area contributed by atoms with Gasteiger partial charge < -0.3 is 10.1 Å². The molecule has 1 atom stereocenters. The van der Waals surface area contributed by atoms with Crippen molar-refractivity contribution in [2.75, 3.05) is 13.2 Å². The monoisotopic (exact) mass is 253 g/mol. The number of hydrogen-bond acceptors (Lipinski definition) is 2. The average Bonchev–Trinajstić information content (AvgIpc) is 2.49. The minimum atomic E-state index is 0.327. The molecular weight excluding hydrogens is 234 g/mol. The van der Waals surface area contributed by atoms with Crippen molar-refractivity contribution >= 4 is 0 Å². The standard InChI is InChI=1S/C17H19NO/c1-2-6-14(7-3-1)10-11-18-17-13-19-12-15-8-4-5-9-16(15)17/h1-9,17-18H,10-13H2. The molecule has 19 heavy (non-hydrogen) atoms. The average molecular weight is 253 g/mol. The van der Waals surface area contributed by atoms with Gasteiger partial charge in [0.15, 0.2) is 0 Å². The van der Waals surface area contributed by atoms with Gasteiger partial charge in [-0.05, 0) is 29.7 Å². The van der Waals surface area contributed by atoms with E-state index in [9.17, 15) is 0 Å². The lowest BCUT2D eigenvalue weighted by Crippen LogP contribution is -2.31. The number of fused-ring (bicyclic) bond motifs is 1. The van der Waals surface area contributed by atoms with E-state index >= 15 is 0 Å². The van der Waals surface area contributed by atoms with E-state index in [0.717, 1.165) is 26.2 Å². The highest BCUT2D eigenvalue weighted by Gasteiger charge is 2.19. The molecule has 3 rings (SSSR count). The van der Waals surface area contributed by atoms with Crippen LogP contribution in [0, 0.1) is 0 Å². The Morgan fingerprint density at radius 1 is 1.00 bits per heavy atom. The zero-order valence-electron chi connectivity index (χ0n) is 11.0. The smallest absolute Gasteiger partial charge is 0.0721 e. The maximum atomic E-state index is 5.65. The van der Waals surface area contributed by atoms with Crippen LogP contribution in [0.15, 0.2) is 54.6 Å². The fourth-order valence-electron chi connectivity index (χ4n) is 2.59. The van der Waals surface area contributed by atoms with Crippen molar-refractivity contribution < 1.29 is 4.74 Å². The van der Waals surface area contributed by atoms with Crippen LogP contribution >= 0.6 is 0 Å². The van der Waals surface area contributed by atoms with Crippen molar-refractivity contribution in [1.29, 1.82) is 0 Å². The molecule has 98 valence electrons. The summed E-state index contributed by atoms with van der Waals surface area (Å²) in [5, 5.41) is 3.60. The molecule has 1 unspecified atom stereocenters. The molecule has 0 aromatic heterocycles. The van der Waals surface area contributed by atoms with Crippen LogP contribution in [0.25, 0.3) is 0 Å². The van der Waals surface area contributed by atoms with Gasteiger partial charge in [-0.1, -0.05) is 54.6 Å². The molecular formula is C17H19NO. The Morgan fingerprint density at radius 3 is 2.68 bits per heavy atom. The molecule has 0 amide bonds. The van der Waals surface area contributed by atoms with Gasteiger partial charge >= 0.3 is 0 Å². The molecule has 0 bridgehead atoms. The molecule has 2 aromatic carbocycles. The van der Waals surface area contributed by atoms with Gasteiger partial charge in [-0.2, -0.15) is 0 Å². The van der Waals surface area contributed by atoms with Crippen LogP contribution in [0.1, 0.15) is 22.7 Å². The molecule has 0 spiro atoms. The van der Waals surface area contributed by atoms with Gasteiger partial charge in [-0.15, -0.1) is 0 Å². The fraction of sp³-hybridized carbons (Fsp3) is 0.294. The predicted octanol–water partition coefficient (Wildman–Crippen LogP) is 3.09. The Hall–Kier alpha value is -1.64. The molecule has 2 nitrogen and oxygen atoms in total. The van der Waals surface area contributed by atoms with Crippen LogP contribution in [-0.2, 0) is 17.8 Å². The van der Waals surface area contributed by atoms with Crippen LogP contribution in [-0.4, -0.2) is 13.2 Å². The number of rotatable bonds is 4. The van der Waals surface area contributed by atoms with E-state index in [4.69, 9.17) is 4.74 Å². The van der Waals surface area contributed by atoms with E-state index in [1.807, 2.05) is 0 Å². The summed E-state index contributed by atoms with van der Waals surface area (Å²) in [6, 6.07) is 19.5. The van der Waals surface area contributed by atoms with Crippen molar-refractivity contribution in [1.82, 2.24) is 5.32 Å². The molecule has 0 fully saturated rings. The van der Waals surface area contributed by atoms with Crippen molar-refractivity contribution in [3.05, 3.63) is 71.3 Å². The normalized spacial score (nSPS) is 18.0. The lowest BCUT2D eigenvalue weighted by atomic mass is 9.99. The zero-order chi connectivity index (χ0) is 12.9. The lowest BCUT2D eigenvalue weighted by molar-refractivity contribution is 0.0824. The Morgan fingerprint density at radius 2 is 1.79 bits per heavy atom. The number of nitrogens with one attached hydrogen (secondary N) is 1. The minimum absolute atomic E-state index is 0.327. The third-order valence-electron chi connectivity index (χ3n) is 3.62. The topological polar surface area (TPSA) is 21.3 Å². The van der Waals surface area contributed by atoms with Gasteiger partial charge in [0.1, 0.15) is 0 Å². The molecule has 1 N–H and O–H groups in total. The summed E-state index contributed by atoms with van der Waals surface area (Å²) in [7, 11) is 0. The zero-order valence-corrected chi connectivity index (χ0v) is 11.0. The maximum Gasteiger partial charge on any atom is 0.0721 e. The van der Waals surface area contributed by atoms with Gasteiger partial charge in [0.25, 0.3) is 0 Å². The Kier molecular flexibility index (Phi) is 3.92. The summed E-state index contributed by atoms with van der Waals surface area (Å²) in [5.41, 5.74) is 4.08. The van der Waals surface area contributed by atoms with E-state index < -0.39 is 0 Å². The summed E-state index contributed by atoms with van der Waals surface area (Å²) >= 11 is 0. The highest BCUT2D eigenvalue weighted by Crippen LogP contribution is 2.24. The number of ether oxygens (including phenoxy) is 1. The van der Waals surface area contributed by atoms with Crippen LogP contribution in [0.5, 0.6) is 0 Å². The Labute approximate surface area is 114 Å². The lowest BCUT2D eigenvalue weighted by Gasteiger charge is -2.26. The summed E-state index contributed by atoms with van der Waals surface area (Å²) in [6.45, 7) is 2.49. The molecule has 0 saturated carbocycles. The van der Waals surface area contributed by atoms with Crippen molar-refractivity contribution in [3.8, 4) is 0 Å².